The highest BCUT2D eigenvalue weighted by molar-refractivity contribution is 6.14. The first-order valence-electron chi connectivity index (χ1n) is 24.0. The Morgan fingerprint density at radius 1 is 0.303 bits per heavy atom. The maximum atomic E-state index is 16.3. The summed E-state index contributed by atoms with van der Waals surface area (Å²) in [5.74, 6) is 0. The lowest BCUT2D eigenvalue weighted by molar-refractivity contribution is -0.137. The second kappa shape index (κ2) is 18.3. The van der Waals surface area contributed by atoms with Gasteiger partial charge < -0.3 is 9.13 Å². The summed E-state index contributed by atoms with van der Waals surface area (Å²) in [4.78, 5) is 0. The number of benzene rings is 10. The second-order valence-electron chi connectivity index (χ2n) is 18.3. The normalized spacial score (nSPS) is 11.3. The van der Waals surface area contributed by atoms with Gasteiger partial charge in [-0.15, -0.1) is 0 Å². The van der Waals surface area contributed by atoms with Gasteiger partial charge in [0.05, 0.1) is 97.2 Å². The van der Waals surface area contributed by atoms with Gasteiger partial charge in [-0.05, 0) is 128 Å². The molecule has 0 bridgehead atoms. The minimum atomic E-state index is -4.93. The maximum absolute atomic E-state index is 16.3. The molecule has 10 aromatic carbocycles. The van der Waals surface area contributed by atoms with E-state index in [0.29, 0.717) is 105 Å². The van der Waals surface area contributed by atoms with Crippen molar-refractivity contribution in [1.29, 1.82) is 26.3 Å². The van der Waals surface area contributed by atoms with Crippen LogP contribution in [0.15, 0.2) is 206 Å². The molecular formula is C66H34F3N7. The standard InChI is InChI=1S/C66H34F3N7/c67-66(68,69)59-34-65(76-62-31-44(52-18-7-3-13-48(52)38-73)22-26-56(62)57-27-23-45(32-63(57)76)53-19-8-4-14-49(53)39-74)64(33-58(59)41-15-9-10-40(28-41)35-70)75-60-29-42(50-16-5-1-11-46(50)36-71)20-24-54(60)55-25-21-43(30-61(55)75)51-17-6-2-12-47(51)37-72/h1-34H. The molecule has 10 heteroatoms. The quantitative estimate of drug-likeness (QED) is 0.157. The highest BCUT2D eigenvalue weighted by Gasteiger charge is 2.36. The maximum Gasteiger partial charge on any atom is 0.417 e. The van der Waals surface area contributed by atoms with Crippen LogP contribution in [0.1, 0.15) is 33.4 Å². The summed E-state index contributed by atoms with van der Waals surface area (Å²) in [5, 5.41) is 54.3. The minimum absolute atomic E-state index is 0.133. The van der Waals surface area contributed by atoms with Crippen LogP contribution < -0.4 is 0 Å². The average molecular weight is 982 g/mol. The average Bonchev–Trinajstić information content (AvgIpc) is 4.06. The summed E-state index contributed by atoms with van der Waals surface area (Å²) in [5.41, 5.74) is 8.93. The van der Waals surface area contributed by atoms with Gasteiger partial charge in [-0.1, -0.05) is 133 Å². The largest absolute Gasteiger partial charge is 0.417 e. The van der Waals surface area contributed by atoms with Crippen LogP contribution in [0.5, 0.6) is 0 Å². The summed E-state index contributed by atoms with van der Waals surface area (Å²) in [6, 6.07) is 72.1. The molecule has 0 saturated carbocycles. The molecule has 0 unspecified atom stereocenters. The van der Waals surface area contributed by atoms with Crippen molar-refractivity contribution in [3.8, 4) is 97.4 Å². The molecule has 0 spiro atoms. The van der Waals surface area contributed by atoms with Gasteiger partial charge in [0.25, 0.3) is 0 Å². The zero-order valence-corrected chi connectivity index (χ0v) is 39.9. The fourth-order valence-corrected chi connectivity index (χ4v) is 10.7. The lowest BCUT2D eigenvalue weighted by atomic mass is 9.95. The van der Waals surface area contributed by atoms with E-state index < -0.39 is 11.7 Å². The van der Waals surface area contributed by atoms with Crippen LogP contribution in [0, 0.1) is 56.7 Å². The van der Waals surface area contributed by atoms with Gasteiger partial charge in [0, 0.05) is 21.5 Å². The lowest BCUT2D eigenvalue weighted by Crippen LogP contribution is -2.12. The third-order valence-corrected chi connectivity index (χ3v) is 14.2. The molecule has 12 aromatic rings. The van der Waals surface area contributed by atoms with E-state index in [-0.39, 0.29) is 22.4 Å². The molecule has 0 saturated heterocycles. The van der Waals surface area contributed by atoms with Crippen LogP contribution >= 0.6 is 0 Å². The fraction of sp³-hybridized carbons (Fsp3) is 0.0152. The van der Waals surface area contributed by atoms with Gasteiger partial charge in [-0.3, -0.25) is 0 Å². The van der Waals surface area contributed by atoms with Gasteiger partial charge in [-0.25, -0.2) is 0 Å². The van der Waals surface area contributed by atoms with Crippen LogP contribution in [0.25, 0.3) is 111 Å². The molecule has 0 aliphatic carbocycles. The van der Waals surface area contributed by atoms with Crippen molar-refractivity contribution in [1.82, 2.24) is 9.13 Å². The predicted octanol–water partition coefficient (Wildman–Crippen LogP) is 16.6. The van der Waals surface area contributed by atoms with Crippen molar-refractivity contribution >= 4 is 43.6 Å². The summed E-state index contributed by atoms with van der Waals surface area (Å²) in [6.07, 6.45) is -4.93. The summed E-state index contributed by atoms with van der Waals surface area (Å²) < 4.78 is 52.7. The third kappa shape index (κ3) is 7.57. The number of hydrogen-bond acceptors (Lipinski definition) is 5. The first-order chi connectivity index (χ1) is 37.1. The molecule has 76 heavy (non-hydrogen) atoms. The first kappa shape index (κ1) is 46.1. The Bertz CT molecular complexity index is 4420. The zero-order valence-electron chi connectivity index (χ0n) is 39.9. The van der Waals surface area contributed by atoms with Gasteiger partial charge in [0.15, 0.2) is 0 Å². The minimum Gasteiger partial charge on any atom is -0.307 e. The molecule has 2 aromatic heterocycles. The molecule has 0 N–H and O–H groups in total. The van der Waals surface area contributed by atoms with Crippen molar-refractivity contribution in [3.63, 3.8) is 0 Å². The van der Waals surface area contributed by atoms with E-state index in [9.17, 15) is 26.3 Å². The number of nitrogens with zero attached hydrogens (tertiary/aromatic N) is 7. The van der Waals surface area contributed by atoms with Crippen LogP contribution in [0.2, 0.25) is 0 Å². The van der Waals surface area contributed by atoms with E-state index in [4.69, 9.17) is 0 Å². The van der Waals surface area contributed by atoms with Gasteiger partial charge in [0.2, 0.25) is 0 Å². The molecule has 7 nitrogen and oxygen atoms in total. The number of rotatable bonds is 7. The molecule has 0 amide bonds. The Balaban J connectivity index is 1.30. The third-order valence-electron chi connectivity index (χ3n) is 14.2. The second-order valence-corrected chi connectivity index (χ2v) is 18.3. The number of hydrogen-bond donors (Lipinski definition) is 0. The molecule has 12 rings (SSSR count). The molecule has 0 aliphatic heterocycles. The van der Waals surface area contributed by atoms with Crippen molar-refractivity contribution in [2.75, 3.05) is 0 Å². The molecule has 354 valence electrons. The van der Waals surface area contributed by atoms with E-state index in [2.05, 4.69) is 30.3 Å². The fourth-order valence-electron chi connectivity index (χ4n) is 10.7. The summed E-state index contributed by atoms with van der Waals surface area (Å²) in [7, 11) is 0. The summed E-state index contributed by atoms with van der Waals surface area (Å²) >= 11 is 0. The smallest absolute Gasteiger partial charge is 0.307 e. The molecule has 0 fully saturated rings. The van der Waals surface area contributed by atoms with Crippen LogP contribution in [0.4, 0.5) is 13.2 Å². The van der Waals surface area contributed by atoms with E-state index >= 15 is 13.2 Å². The highest BCUT2D eigenvalue weighted by Crippen LogP contribution is 2.47. The topological polar surface area (TPSA) is 129 Å². The molecule has 0 atom stereocenters. The SMILES string of the molecule is N#Cc1cccc(-c2cc(-n3c4cc(-c5ccccc5C#N)ccc4c4ccc(-c5ccccc5C#N)cc43)c(-n3c4cc(-c5ccccc5C#N)ccc4c4ccc(-c5ccccc5C#N)cc43)cc2C(F)(F)F)c1. The van der Waals surface area contributed by atoms with E-state index in [0.717, 1.165) is 10.8 Å². The van der Waals surface area contributed by atoms with Gasteiger partial charge >= 0.3 is 6.18 Å². The Labute approximate surface area is 433 Å². The Morgan fingerprint density at radius 3 is 0.961 bits per heavy atom. The first-order valence-corrected chi connectivity index (χ1v) is 24.0. The van der Waals surface area contributed by atoms with Gasteiger partial charge in [-0.2, -0.15) is 39.5 Å². The van der Waals surface area contributed by atoms with Crippen molar-refractivity contribution in [2.24, 2.45) is 0 Å². The Kier molecular flexibility index (Phi) is 11.1. The number of nitriles is 5. The van der Waals surface area contributed by atoms with Crippen LogP contribution in [-0.4, -0.2) is 9.13 Å². The number of halogens is 3. The van der Waals surface area contributed by atoms with E-state index in [1.165, 1.54) is 12.1 Å². The lowest BCUT2D eigenvalue weighted by Gasteiger charge is -2.23. The Hall–Kier alpha value is -11.0. The number of fused-ring (bicyclic) bond motifs is 6. The molecule has 2 heterocycles. The number of alkyl halides is 3. The predicted molar refractivity (Wildman–Crippen MR) is 291 cm³/mol. The van der Waals surface area contributed by atoms with Crippen LogP contribution in [-0.2, 0) is 6.18 Å². The van der Waals surface area contributed by atoms with Gasteiger partial charge in [0.1, 0.15) is 0 Å². The monoisotopic (exact) mass is 981 g/mol. The molecular weight excluding hydrogens is 948 g/mol. The molecule has 0 radical (unpaired) electrons. The molecule has 0 aliphatic rings. The summed E-state index contributed by atoms with van der Waals surface area (Å²) in [6.45, 7) is 0. The zero-order chi connectivity index (χ0) is 52.2. The van der Waals surface area contributed by atoms with Crippen molar-refractivity contribution < 1.29 is 13.2 Å². The van der Waals surface area contributed by atoms with Crippen LogP contribution in [0.3, 0.4) is 0 Å². The van der Waals surface area contributed by atoms with E-state index in [1.807, 2.05) is 130 Å². The van der Waals surface area contributed by atoms with Crippen molar-refractivity contribution in [3.05, 3.63) is 240 Å². The van der Waals surface area contributed by atoms with Crippen molar-refractivity contribution in [2.45, 2.75) is 6.18 Å². The van der Waals surface area contributed by atoms with E-state index in [1.54, 1.807) is 72.8 Å². The number of aromatic nitrogens is 2. The highest BCUT2D eigenvalue weighted by atomic mass is 19.4. The Morgan fingerprint density at radius 2 is 0.632 bits per heavy atom.